The molecule has 2 aliphatic rings. The number of hydrogen-bond donors (Lipinski definition) is 2. The summed E-state index contributed by atoms with van der Waals surface area (Å²) in [6.07, 6.45) is 0.405. The SMILES string of the molecule is O=C(O)N1CCC2(CC1)C[C@](O)(c1cc(F)cc(Cl)c1)CO2. The Hall–Kier alpha value is -1.37. The van der Waals surface area contributed by atoms with E-state index in [0.717, 1.165) is 0 Å². The first-order valence-electron chi connectivity index (χ1n) is 7.13. The number of ether oxygens (including phenoxy) is 1. The van der Waals surface area contributed by atoms with Crippen LogP contribution in [0.3, 0.4) is 0 Å². The minimum Gasteiger partial charge on any atom is -0.465 e. The van der Waals surface area contributed by atoms with Gasteiger partial charge in [0.25, 0.3) is 0 Å². The number of carbonyl (C=O) groups is 1. The Labute approximate surface area is 132 Å². The first kappa shape index (κ1) is 15.5. The van der Waals surface area contributed by atoms with Crippen LogP contribution in [0.1, 0.15) is 24.8 Å². The average molecular weight is 330 g/mol. The fraction of sp³-hybridized carbons (Fsp3) is 0.533. The van der Waals surface area contributed by atoms with Crippen molar-refractivity contribution in [3.05, 3.63) is 34.6 Å². The molecule has 1 amide bonds. The average Bonchev–Trinajstić information content (AvgIpc) is 2.77. The number of piperidine rings is 1. The number of benzene rings is 1. The summed E-state index contributed by atoms with van der Waals surface area (Å²) in [7, 11) is 0. The Morgan fingerprint density at radius 1 is 1.32 bits per heavy atom. The van der Waals surface area contributed by atoms with Gasteiger partial charge in [-0.2, -0.15) is 0 Å². The molecule has 2 aliphatic heterocycles. The van der Waals surface area contributed by atoms with Crippen LogP contribution >= 0.6 is 11.6 Å². The molecule has 2 fully saturated rings. The summed E-state index contributed by atoms with van der Waals surface area (Å²) in [5, 5.41) is 20.0. The van der Waals surface area contributed by atoms with Gasteiger partial charge in [0.05, 0.1) is 12.2 Å². The van der Waals surface area contributed by atoms with E-state index in [1.165, 1.54) is 17.0 Å². The molecule has 2 N–H and O–H groups in total. The van der Waals surface area contributed by atoms with Crippen LogP contribution in [-0.4, -0.2) is 46.5 Å². The fourth-order valence-corrected chi connectivity index (χ4v) is 3.56. The molecule has 0 saturated carbocycles. The molecule has 22 heavy (non-hydrogen) atoms. The van der Waals surface area contributed by atoms with Crippen LogP contribution in [0.5, 0.6) is 0 Å². The van der Waals surface area contributed by atoms with E-state index >= 15 is 0 Å². The van der Waals surface area contributed by atoms with Gasteiger partial charge in [-0.15, -0.1) is 0 Å². The number of carboxylic acid groups (broad SMARTS) is 1. The minimum atomic E-state index is -1.29. The van der Waals surface area contributed by atoms with Gasteiger partial charge in [-0.25, -0.2) is 9.18 Å². The number of aliphatic hydroxyl groups is 1. The molecule has 0 unspecified atom stereocenters. The van der Waals surface area contributed by atoms with E-state index in [2.05, 4.69) is 0 Å². The number of halogens is 2. The van der Waals surface area contributed by atoms with Crippen molar-refractivity contribution in [2.24, 2.45) is 0 Å². The molecule has 7 heteroatoms. The third-order valence-corrected chi connectivity index (χ3v) is 4.80. The van der Waals surface area contributed by atoms with Crippen molar-refractivity contribution in [2.45, 2.75) is 30.5 Å². The van der Waals surface area contributed by atoms with Gasteiger partial charge in [-0.1, -0.05) is 11.6 Å². The molecule has 0 aromatic heterocycles. The van der Waals surface area contributed by atoms with E-state index in [4.69, 9.17) is 21.4 Å². The smallest absolute Gasteiger partial charge is 0.407 e. The zero-order valence-corrected chi connectivity index (χ0v) is 12.6. The molecule has 0 aliphatic carbocycles. The molecule has 5 nitrogen and oxygen atoms in total. The Balaban J connectivity index is 1.78. The van der Waals surface area contributed by atoms with Gasteiger partial charge in [-0.05, 0) is 36.6 Å². The monoisotopic (exact) mass is 329 g/mol. The second-order valence-corrected chi connectivity index (χ2v) is 6.54. The van der Waals surface area contributed by atoms with Gasteiger partial charge >= 0.3 is 6.09 Å². The molecule has 2 heterocycles. The first-order valence-corrected chi connectivity index (χ1v) is 7.51. The lowest BCUT2D eigenvalue weighted by molar-refractivity contribution is -0.0437. The van der Waals surface area contributed by atoms with Crippen LogP contribution in [-0.2, 0) is 10.3 Å². The highest BCUT2D eigenvalue weighted by Gasteiger charge is 2.51. The Morgan fingerprint density at radius 3 is 2.59 bits per heavy atom. The van der Waals surface area contributed by atoms with Crippen LogP contribution < -0.4 is 0 Å². The molecular formula is C15H17ClFNO4. The minimum absolute atomic E-state index is 0.0554. The highest BCUT2D eigenvalue weighted by molar-refractivity contribution is 6.30. The normalized spacial score (nSPS) is 27.3. The van der Waals surface area contributed by atoms with Gasteiger partial charge < -0.3 is 19.8 Å². The number of amides is 1. The van der Waals surface area contributed by atoms with Crippen molar-refractivity contribution in [1.82, 2.24) is 4.90 Å². The molecule has 0 bridgehead atoms. The Kier molecular flexibility index (Phi) is 3.79. The van der Waals surface area contributed by atoms with Crippen molar-refractivity contribution in [2.75, 3.05) is 19.7 Å². The molecule has 120 valence electrons. The summed E-state index contributed by atoms with van der Waals surface area (Å²) in [5.74, 6) is -0.502. The predicted octanol–water partition coefficient (Wildman–Crippen LogP) is 2.60. The molecular weight excluding hydrogens is 313 g/mol. The number of hydrogen-bond acceptors (Lipinski definition) is 3. The van der Waals surface area contributed by atoms with E-state index in [1.54, 1.807) is 6.07 Å². The first-order chi connectivity index (χ1) is 10.3. The molecule has 1 spiro atoms. The lowest BCUT2D eigenvalue weighted by atomic mass is 9.80. The predicted molar refractivity (Wildman–Crippen MR) is 77.4 cm³/mol. The molecule has 1 atom stereocenters. The summed E-state index contributed by atoms with van der Waals surface area (Å²) in [6, 6.07) is 3.99. The van der Waals surface area contributed by atoms with Crippen molar-refractivity contribution in [1.29, 1.82) is 0 Å². The molecule has 3 rings (SSSR count). The summed E-state index contributed by atoms with van der Waals surface area (Å²) in [6.45, 7) is 0.796. The van der Waals surface area contributed by atoms with Gasteiger partial charge in [0, 0.05) is 24.5 Å². The lowest BCUT2D eigenvalue weighted by Gasteiger charge is -2.37. The third-order valence-electron chi connectivity index (χ3n) is 4.58. The van der Waals surface area contributed by atoms with Crippen LogP contribution in [0.25, 0.3) is 0 Å². The summed E-state index contributed by atoms with van der Waals surface area (Å²) < 4.78 is 19.3. The van der Waals surface area contributed by atoms with Crippen LogP contribution in [0, 0.1) is 5.82 Å². The molecule has 1 aromatic carbocycles. The number of likely N-dealkylation sites (tertiary alicyclic amines) is 1. The summed E-state index contributed by atoms with van der Waals surface area (Å²) in [5.41, 5.74) is -1.45. The molecule has 0 radical (unpaired) electrons. The van der Waals surface area contributed by atoms with Crippen LogP contribution in [0.2, 0.25) is 5.02 Å². The van der Waals surface area contributed by atoms with E-state index in [-0.39, 0.29) is 11.6 Å². The van der Waals surface area contributed by atoms with E-state index in [1.807, 2.05) is 0 Å². The largest absolute Gasteiger partial charge is 0.465 e. The third kappa shape index (κ3) is 2.78. The molecule has 1 aromatic rings. The number of nitrogens with zero attached hydrogens (tertiary/aromatic N) is 1. The Bertz CT molecular complexity index is 583. The van der Waals surface area contributed by atoms with Crippen molar-refractivity contribution >= 4 is 17.7 Å². The van der Waals surface area contributed by atoms with E-state index in [9.17, 15) is 14.3 Å². The van der Waals surface area contributed by atoms with E-state index in [0.29, 0.717) is 37.9 Å². The zero-order valence-electron chi connectivity index (χ0n) is 11.9. The standard InChI is InChI=1S/C15H17ClFNO4/c16-11-5-10(6-12(17)7-11)15(21)8-14(22-9-15)1-3-18(4-2-14)13(19)20/h5-7,21H,1-4,8-9H2,(H,19,20)/t15-/m1/s1. The van der Waals surface area contributed by atoms with Crippen molar-refractivity contribution < 1.29 is 24.1 Å². The topological polar surface area (TPSA) is 70.0 Å². The highest BCUT2D eigenvalue weighted by atomic mass is 35.5. The van der Waals surface area contributed by atoms with Crippen LogP contribution in [0.15, 0.2) is 18.2 Å². The maximum atomic E-state index is 13.5. The van der Waals surface area contributed by atoms with Crippen molar-refractivity contribution in [3.63, 3.8) is 0 Å². The summed E-state index contributed by atoms with van der Waals surface area (Å²) in [4.78, 5) is 12.3. The highest BCUT2D eigenvalue weighted by Crippen LogP contribution is 2.45. The Morgan fingerprint density at radius 2 is 2.00 bits per heavy atom. The van der Waals surface area contributed by atoms with Gasteiger partial charge in [0.1, 0.15) is 11.4 Å². The van der Waals surface area contributed by atoms with Crippen LogP contribution in [0.4, 0.5) is 9.18 Å². The molecule has 2 saturated heterocycles. The second kappa shape index (κ2) is 5.37. The fourth-order valence-electron chi connectivity index (χ4n) is 3.34. The quantitative estimate of drug-likeness (QED) is 0.831. The zero-order chi connectivity index (χ0) is 16.0. The van der Waals surface area contributed by atoms with Crippen molar-refractivity contribution in [3.8, 4) is 0 Å². The van der Waals surface area contributed by atoms with Gasteiger partial charge in [-0.3, -0.25) is 0 Å². The second-order valence-electron chi connectivity index (χ2n) is 6.11. The summed E-state index contributed by atoms with van der Waals surface area (Å²) >= 11 is 5.86. The lowest BCUT2D eigenvalue weighted by Crippen LogP contribution is -2.46. The van der Waals surface area contributed by atoms with Gasteiger partial charge in [0.2, 0.25) is 0 Å². The number of rotatable bonds is 1. The van der Waals surface area contributed by atoms with Gasteiger partial charge in [0.15, 0.2) is 0 Å². The maximum Gasteiger partial charge on any atom is 0.407 e. The maximum absolute atomic E-state index is 13.5. The van der Waals surface area contributed by atoms with E-state index < -0.39 is 23.1 Å².